The molecule has 0 saturated heterocycles. The minimum Gasteiger partial charge on any atom is -0.321 e. The van der Waals surface area contributed by atoms with Gasteiger partial charge in [0.25, 0.3) is 0 Å². The van der Waals surface area contributed by atoms with Crippen LogP contribution in [0.1, 0.15) is 33.4 Å². The fraction of sp³-hybridized carbons (Fsp3) is 0.0702. The zero-order valence-corrected chi connectivity index (χ0v) is 34.3. The summed E-state index contributed by atoms with van der Waals surface area (Å²) in [5.41, 5.74) is 16.0. The molecule has 10 aromatic rings. The molecule has 4 nitrogen and oxygen atoms in total. The minimum atomic E-state index is -0.681. The number of pyridine rings is 1. The molecule has 0 fully saturated rings. The molecular formula is C57H44N4. The number of anilines is 4. The molecule has 292 valence electrons. The van der Waals surface area contributed by atoms with Gasteiger partial charge in [0.15, 0.2) is 0 Å². The van der Waals surface area contributed by atoms with Crippen LogP contribution in [0.15, 0.2) is 219 Å². The van der Waals surface area contributed by atoms with E-state index in [9.17, 15) is 0 Å². The minimum absolute atomic E-state index is 0.681. The van der Waals surface area contributed by atoms with Gasteiger partial charge in [-0.05, 0) is 119 Å². The Morgan fingerprint density at radius 1 is 0.426 bits per heavy atom. The first-order chi connectivity index (χ1) is 30.1. The standard InChI is InChI=1S/C57H44N4/c1-40-18-16-19-41(2)56(40)42-34-35-58-55(36-42)61-51-29-13-12-28-49(51)50-33-32-46(38-54(50)61)57(43-20-6-3-7-21-43,44-22-8-4-9-23-44)45-24-17-27-48(37-45)60-39-59(47-25-10-5-11-26-47)52-30-14-15-31-53(52)60/h3-38H,39H2,1-2H3. The van der Waals surface area contributed by atoms with Crippen LogP contribution in [0.3, 0.4) is 0 Å². The van der Waals surface area contributed by atoms with Crippen LogP contribution in [0.2, 0.25) is 0 Å². The Bertz CT molecular complexity index is 3150. The average molecular weight is 785 g/mol. The molecule has 1 aliphatic heterocycles. The molecule has 0 amide bonds. The highest BCUT2D eigenvalue weighted by atomic mass is 15.4. The summed E-state index contributed by atoms with van der Waals surface area (Å²) < 4.78 is 2.36. The zero-order valence-electron chi connectivity index (χ0n) is 34.3. The number of nitrogens with zero attached hydrogens (tertiary/aromatic N) is 4. The van der Waals surface area contributed by atoms with Crippen molar-refractivity contribution in [1.82, 2.24) is 9.55 Å². The lowest BCUT2D eigenvalue weighted by molar-refractivity contribution is 0.745. The van der Waals surface area contributed by atoms with Gasteiger partial charge in [-0.2, -0.15) is 0 Å². The van der Waals surface area contributed by atoms with Gasteiger partial charge >= 0.3 is 0 Å². The molecule has 0 saturated carbocycles. The second-order valence-electron chi connectivity index (χ2n) is 16.1. The second-order valence-corrected chi connectivity index (χ2v) is 16.1. The van der Waals surface area contributed by atoms with E-state index in [1.165, 1.54) is 66.8 Å². The maximum absolute atomic E-state index is 5.09. The van der Waals surface area contributed by atoms with Gasteiger partial charge in [-0.15, -0.1) is 0 Å². The first kappa shape index (κ1) is 36.4. The molecule has 8 aromatic carbocycles. The van der Waals surface area contributed by atoms with E-state index >= 15 is 0 Å². The van der Waals surface area contributed by atoms with Crippen molar-refractivity contribution >= 4 is 44.6 Å². The molecule has 1 aliphatic rings. The number of hydrogen-bond donors (Lipinski definition) is 0. The summed E-state index contributed by atoms with van der Waals surface area (Å²) in [5.74, 6) is 0.895. The van der Waals surface area contributed by atoms with Gasteiger partial charge in [-0.25, -0.2) is 4.98 Å². The van der Waals surface area contributed by atoms with E-state index in [0.29, 0.717) is 6.67 Å². The highest BCUT2D eigenvalue weighted by Gasteiger charge is 2.40. The van der Waals surface area contributed by atoms with Crippen molar-refractivity contribution in [3.8, 4) is 16.9 Å². The summed E-state index contributed by atoms with van der Waals surface area (Å²) in [7, 11) is 0. The van der Waals surface area contributed by atoms with E-state index in [0.717, 1.165) is 28.1 Å². The molecule has 11 rings (SSSR count). The Kier molecular flexibility index (Phi) is 8.86. The van der Waals surface area contributed by atoms with E-state index in [-0.39, 0.29) is 0 Å². The number of fused-ring (bicyclic) bond motifs is 4. The fourth-order valence-electron chi connectivity index (χ4n) is 9.96. The quantitative estimate of drug-likeness (QED) is 0.143. The van der Waals surface area contributed by atoms with Crippen LogP contribution >= 0.6 is 0 Å². The fourth-order valence-corrected chi connectivity index (χ4v) is 9.96. The lowest BCUT2D eigenvalue weighted by atomic mass is 9.65. The predicted molar refractivity (Wildman–Crippen MR) is 254 cm³/mol. The molecule has 0 atom stereocenters. The lowest BCUT2D eigenvalue weighted by Gasteiger charge is -2.37. The van der Waals surface area contributed by atoms with E-state index in [2.05, 4.69) is 241 Å². The Balaban J connectivity index is 1.15. The van der Waals surface area contributed by atoms with Gasteiger partial charge in [-0.3, -0.25) is 4.57 Å². The van der Waals surface area contributed by atoms with Crippen molar-refractivity contribution in [3.05, 3.63) is 252 Å². The van der Waals surface area contributed by atoms with Crippen molar-refractivity contribution in [3.63, 3.8) is 0 Å². The Hall–Kier alpha value is -7.69. The SMILES string of the molecule is Cc1cccc(C)c1-c1ccnc(-n2c3ccccc3c3ccc(C(c4ccccc4)(c4ccccc4)c4cccc(N5CN(c6ccccc6)c6ccccc65)c4)cc32)c1. The monoisotopic (exact) mass is 784 g/mol. The molecule has 4 heteroatoms. The van der Waals surface area contributed by atoms with Gasteiger partial charge in [0.05, 0.1) is 27.8 Å². The third-order valence-electron chi connectivity index (χ3n) is 12.7. The van der Waals surface area contributed by atoms with Crippen molar-refractivity contribution in [1.29, 1.82) is 0 Å². The number of benzene rings is 8. The van der Waals surface area contributed by atoms with E-state index < -0.39 is 5.41 Å². The first-order valence-electron chi connectivity index (χ1n) is 21.1. The van der Waals surface area contributed by atoms with E-state index in [4.69, 9.17) is 4.98 Å². The molecule has 2 aromatic heterocycles. The molecule has 0 radical (unpaired) electrons. The highest BCUT2D eigenvalue weighted by molar-refractivity contribution is 6.09. The Morgan fingerprint density at radius 3 is 1.67 bits per heavy atom. The number of aryl methyl sites for hydroxylation is 2. The number of aromatic nitrogens is 2. The normalized spacial score (nSPS) is 12.6. The number of rotatable bonds is 8. The van der Waals surface area contributed by atoms with Crippen LogP contribution < -0.4 is 9.80 Å². The topological polar surface area (TPSA) is 24.3 Å². The van der Waals surface area contributed by atoms with Gasteiger partial charge in [0, 0.05) is 28.3 Å². The summed E-state index contributed by atoms with van der Waals surface area (Å²) in [5, 5.41) is 2.39. The zero-order chi connectivity index (χ0) is 40.9. The third-order valence-corrected chi connectivity index (χ3v) is 12.7. The molecule has 61 heavy (non-hydrogen) atoms. The summed E-state index contributed by atoms with van der Waals surface area (Å²) >= 11 is 0. The van der Waals surface area contributed by atoms with Crippen molar-refractivity contribution in [2.75, 3.05) is 16.5 Å². The molecule has 0 bridgehead atoms. The first-order valence-corrected chi connectivity index (χ1v) is 21.1. The van der Waals surface area contributed by atoms with Gasteiger partial charge in [0.1, 0.15) is 12.5 Å². The van der Waals surface area contributed by atoms with Gasteiger partial charge in [0.2, 0.25) is 0 Å². The predicted octanol–water partition coefficient (Wildman–Crippen LogP) is 14.1. The average Bonchev–Trinajstić information content (AvgIpc) is 3.87. The largest absolute Gasteiger partial charge is 0.321 e. The maximum atomic E-state index is 5.09. The van der Waals surface area contributed by atoms with Gasteiger partial charge < -0.3 is 9.80 Å². The summed E-state index contributed by atoms with van der Waals surface area (Å²) in [6, 6.07) is 77.5. The number of hydrogen-bond acceptors (Lipinski definition) is 3. The second kappa shape index (κ2) is 14.8. The Morgan fingerprint density at radius 2 is 0.967 bits per heavy atom. The van der Waals surface area contributed by atoms with E-state index in [1.54, 1.807) is 0 Å². The van der Waals surface area contributed by atoms with Crippen molar-refractivity contribution in [2.24, 2.45) is 0 Å². The van der Waals surface area contributed by atoms with Crippen LogP contribution in [0.25, 0.3) is 38.8 Å². The molecule has 0 aliphatic carbocycles. The Labute approximate surface area is 357 Å². The summed E-state index contributed by atoms with van der Waals surface area (Å²) in [4.78, 5) is 9.94. The van der Waals surface area contributed by atoms with Crippen LogP contribution in [-0.2, 0) is 5.41 Å². The van der Waals surface area contributed by atoms with Crippen molar-refractivity contribution < 1.29 is 0 Å². The van der Waals surface area contributed by atoms with Gasteiger partial charge in [-0.1, -0.05) is 152 Å². The lowest BCUT2D eigenvalue weighted by Crippen LogP contribution is -2.31. The van der Waals surface area contributed by atoms with Crippen LogP contribution in [0.4, 0.5) is 22.7 Å². The third kappa shape index (κ3) is 5.94. The number of para-hydroxylation sites is 4. The van der Waals surface area contributed by atoms with Crippen LogP contribution in [0, 0.1) is 13.8 Å². The summed E-state index contributed by atoms with van der Waals surface area (Å²) in [6.07, 6.45) is 1.96. The highest BCUT2D eigenvalue weighted by Crippen LogP contribution is 2.49. The summed E-state index contributed by atoms with van der Waals surface area (Å²) in [6.45, 7) is 5.09. The molecule has 0 N–H and O–H groups in total. The molecule has 3 heterocycles. The maximum Gasteiger partial charge on any atom is 0.138 e. The molecule has 0 unspecified atom stereocenters. The smallest absolute Gasteiger partial charge is 0.138 e. The van der Waals surface area contributed by atoms with Crippen LogP contribution in [0.5, 0.6) is 0 Å². The van der Waals surface area contributed by atoms with Crippen molar-refractivity contribution in [2.45, 2.75) is 19.3 Å². The van der Waals surface area contributed by atoms with E-state index in [1.807, 2.05) is 6.20 Å². The van der Waals surface area contributed by atoms with Crippen LogP contribution in [-0.4, -0.2) is 16.2 Å². The molecule has 0 spiro atoms. The molecular weight excluding hydrogens is 741 g/mol.